The van der Waals surface area contributed by atoms with Crippen LogP contribution in [0.3, 0.4) is 0 Å². The van der Waals surface area contributed by atoms with Gasteiger partial charge in [-0.3, -0.25) is 15.2 Å². The molecule has 11 nitrogen and oxygen atoms in total. The average Bonchev–Trinajstić information content (AvgIpc) is 3.14. The molecule has 0 saturated heterocycles. The summed E-state index contributed by atoms with van der Waals surface area (Å²) in [7, 11) is 0. The molecule has 0 heterocycles. The van der Waals surface area contributed by atoms with Crippen LogP contribution >= 0.6 is 11.6 Å². The van der Waals surface area contributed by atoms with Crippen LogP contribution in [0, 0.1) is 11.8 Å². The number of aliphatic hydroxyl groups excluding tert-OH is 3. The normalized spacial score (nSPS) is 22.5. The van der Waals surface area contributed by atoms with Crippen LogP contribution < -0.4 is 4.74 Å². The van der Waals surface area contributed by atoms with Crippen LogP contribution in [0.1, 0.15) is 32.1 Å². The number of nitrogens with zero attached hydrogens (tertiary/aromatic N) is 1. The topological polar surface area (TPSA) is 158 Å². The number of rotatable bonds is 18. The lowest BCUT2D eigenvalue weighted by Crippen LogP contribution is -2.21. The lowest BCUT2D eigenvalue weighted by Gasteiger charge is -2.19. The van der Waals surface area contributed by atoms with E-state index in [0.29, 0.717) is 30.0 Å². The smallest absolute Gasteiger partial charge is 0.305 e. The molecule has 0 aliphatic heterocycles. The first-order valence-electron chi connectivity index (χ1n) is 12.6. The van der Waals surface area contributed by atoms with Gasteiger partial charge in [-0.1, -0.05) is 42.0 Å². The lowest BCUT2D eigenvalue weighted by atomic mass is 9.89. The fourth-order valence-corrected chi connectivity index (χ4v) is 4.24. The maximum atomic E-state index is 11.8. The molecule has 214 valence electrons. The molecule has 5 atom stereocenters. The molecule has 1 aliphatic rings. The molecule has 0 spiro atoms. The maximum Gasteiger partial charge on any atom is 0.305 e. The van der Waals surface area contributed by atoms with Crippen LogP contribution in [0.15, 0.2) is 48.6 Å². The minimum Gasteiger partial charge on any atom is -0.491 e. The number of hydrogen-bond acceptors (Lipinski definition) is 11. The van der Waals surface area contributed by atoms with Crippen molar-refractivity contribution in [1.82, 2.24) is 5.39 Å². The Hall–Kier alpha value is -2.06. The van der Waals surface area contributed by atoms with Gasteiger partial charge in [0.15, 0.2) is 0 Å². The van der Waals surface area contributed by atoms with E-state index in [4.69, 9.17) is 36.2 Å². The molecule has 2 rings (SSSR count). The van der Waals surface area contributed by atoms with Crippen molar-refractivity contribution in [2.24, 2.45) is 11.8 Å². The summed E-state index contributed by atoms with van der Waals surface area (Å²) in [4.78, 5) is 16.1. The van der Waals surface area contributed by atoms with Crippen LogP contribution in [0.5, 0.6) is 5.75 Å². The Morgan fingerprint density at radius 3 is 2.68 bits per heavy atom. The van der Waals surface area contributed by atoms with Crippen molar-refractivity contribution in [3.05, 3.63) is 53.6 Å². The van der Waals surface area contributed by atoms with Gasteiger partial charge in [-0.15, -0.1) is 0 Å². The number of aliphatic hydroxyl groups is 3. The number of ether oxygens (including phenoxy) is 3. The molecule has 0 bridgehead atoms. The fraction of sp³-hybridized carbons (Fsp3) is 0.577. The fourth-order valence-electron chi connectivity index (χ4n) is 4.06. The first-order chi connectivity index (χ1) is 18.3. The number of hydrogen-bond donors (Lipinski definition) is 5. The van der Waals surface area contributed by atoms with Crippen molar-refractivity contribution in [3.8, 4) is 5.75 Å². The molecule has 0 radical (unpaired) electrons. The molecule has 0 aromatic heterocycles. The van der Waals surface area contributed by atoms with Gasteiger partial charge < -0.3 is 29.5 Å². The summed E-state index contributed by atoms with van der Waals surface area (Å²) in [6, 6.07) is 6.88. The van der Waals surface area contributed by atoms with Crippen molar-refractivity contribution >= 4 is 17.6 Å². The summed E-state index contributed by atoms with van der Waals surface area (Å²) >= 11 is 5.93. The van der Waals surface area contributed by atoms with E-state index >= 15 is 0 Å². The van der Waals surface area contributed by atoms with Gasteiger partial charge in [0.2, 0.25) is 0 Å². The monoisotopic (exact) mass is 559 g/mol. The van der Waals surface area contributed by atoms with Gasteiger partial charge in [0, 0.05) is 23.8 Å². The van der Waals surface area contributed by atoms with Crippen molar-refractivity contribution < 1.29 is 49.6 Å². The van der Waals surface area contributed by atoms with E-state index in [1.807, 2.05) is 12.2 Å². The minimum atomic E-state index is -0.881. The molecule has 12 heteroatoms. The summed E-state index contributed by atoms with van der Waals surface area (Å²) in [5, 5.41) is 47.8. The van der Waals surface area contributed by atoms with E-state index in [-0.39, 0.29) is 63.7 Å². The van der Waals surface area contributed by atoms with Crippen LogP contribution in [0.4, 0.5) is 0 Å². The SMILES string of the molecule is O=C(CCC/C=C\C[C@@H]1[C@@H](/C=C/[C@@H](O)COc2cccc(Cl)c2)[C@H](O)C[C@@H]1O)OCCOCCON(O)O. The van der Waals surface area contributed by atoms with E-state index in [0.717, 1.165) is 0 Å². The van der Waals surface area contributed by atoms with Crippen molar-refractivity contribution in [1.29, 1.82) is 0 Å². The Kier molecular flexibility index (Phi) is 15.5. The number of unbranched alkanes of at least 4 members (excludes halogenated alkanes) is 1. The van der Waals surface area contributed by atoms with Crippen LogP contribution in [0.2, 0.25) is 5.02 Å². The Morgan fingerprint density at radius 1 is 1.13 bits per heavy atom. The first-order valence-corrected chi connectivity index (χ1v) is 12.9. The Morgan fingerprint density at radius 2 is 1.92 bits per heavy atom. The molecule has 5 N–H and O–H groups in total. The third-order valence-electron chi connectivity index (χ3n) is 5.94. The minimum absolute atomic E-state index is 0.0330. The second-order valence-electron chi connectivity index (χ2n) is 8.85. The highest BCUT2D eigenvalue weighted by Gasteiger charge is 2.39. The zero-order chi connectivity index (χ0) is 27.8. The van der Waals surface area contributed by atoms with E-state index in [2.05, 4.69) is 4.84 Å². The number of benzene rings is 1. The standard InChI is InChI=1S/C26H38ClNO10/c27-19-6-5-7-21(16-19)37-18-20(29)10-11-23-22(24(30)17-25(23)31)8-3-1-2-4-9-26(32)36-14-12-35-13-15-38-28(33)34/h1,3,5-7,10-11,16,20,22-25,29-31,33-34H,2,4,8-9,12-15,17-18H2/b3-1-,11-10+/t20-,22-,23-,24+,25-/m1/s1. The zero-order valence-corrected chi connectivity index (χ0v) is 21.9. The Bertz CT molecular complexity index is 868. The van der Waals surface area contributed by atoms with Gasteiger partial charge in [0.1, 0.15) is 25.1 Å². The molecule has 38 heavy (non-hydrogen) atoms. The molecule has 1 saturated carbocycles. The van der Waals surface area contributed by atoms with E-state index in [9.17, 15) is 20.1 Å². The van der Waals surface area contributed by atoms with E-state index in [1.54, 1.807) is 36.4 Å². The molecule has 0 unspecified atom stereocenters. The third-order valence-corrected chi connectivity index (χ3v) is 6.18. The Labute approximate surface area is 227 Å². The highest BCUT2D eigenvalue weighted by molar-refractivity contribution is 6.30. The van der Waals surface area contributed by atoms with Crippen LogP contribution in [-0.4, -0.2) is 88.4 Å². The number of carbonyl (C=O) groups is 1. The highest BCUT2D eigenvalue weighted by atomic mass is 35.5. The van der Waals surface area contributed by atoms with Crippen LogP contribution in [-0.2, 0) is 19.1 Å². The summed E-state index contributed by atoms with van der Waals surface area (Å²) in [6.07, 6.45) is 7.30. The molecular formula is C26H38ClNO10. The molecule has 1 aliphatic carbocycles. The lowest BCUT2D eigenvalue weighted by molar-refractivity contribution is -0.493. The molecular weight excluding hydrogens is 522 g/mol. The van der Waals surface area contributed by atoms with Crippen molar-refractivity contribution in [2.45, 2.75) is 50.4 Å². The van der Waals surface area contributed by atoms with Gasteiger partial charge in [-0.25, -0.2) is 4.84 Å². The number of esters is 1. The number of halogens is 1. The predicted molar refractivity (Wildman–Crippen MR) is 136 cm³/mol. The zero-order valence-electron chi connectivity index (χ0n) is 21.2. The van der Waals surface area contributed by atoms with Gasteiger partial charge in [-0.2, -0.15) is 0 Å². The van der Waals surface area contributed by atoms with Crippen molar-refractivity contribution in [2.75, 3.05) is 33.0 Å². The molecule has 1 aromatic rings. The molecule has 1 aromatic carbocycles. The summed E-state index contributed by atoms with van der Waals surface area (Å²) in [6.45, 7) is 0.356. The van der Waals surface area contributed by atoms with Gasteiger partial charge in [0.25, 0.3) is 0 Å². The second-order valence-corrected chi connectivity index (χ2v) is 9.29. The summed E-state index contributed by atoms with van der Waals surface area (Å²) in [5.74, 6) is -0.280. The quantitative estimate of drug-likeness (QED) is 0.0779. The molecule has 1 fully saturated rings. The van der Waals surface area contributed by atoms with Crippen LogP contribution in [0.25, 0.3) is 0 Å². The largest absolute Gasteiger partial charge is 0.491 e. The van der Waals surface area contributed by atoms with Gasteiger partial charge >= 0.3 is 5.97 Å². The highest BCUT2D eigenvalue weighted by Crippen LogP contribution is 2.36. The average molecular weight is 560 g/mol. The van der Waals surface area contributed by atoms with Crippen molar-refractivity contribution in [3.63, 3.8) is 0 Å². The number of allylic oxidation sites excluding steroid dienone is 2. The van der Waals surface area contributed by atoms with E-state index in [1.165, 1.54) is 0 Å². The Balaban J connectivity index is 1.63. The van der Waals surface area contributed by atoms with Gasteiger partial charge in [-0.05, 0) is 43.4 Å². The predicted octanol–water partition coefficient (Wildman–Crippen LogP) is 2.68. The first kappa shape index (κ1) is 32.2. The maximum absolute atomic E-state index is 11.8. The number of carbonyl (C=O) groups excluding carboxylic acids is 1. The summed E-state index contributed by atoms with van der Waals surface area (Å²) < 4.78 is 15.7. The third kappa shape index (κ3) is 13.1. The van der Waals surface area contributed by atoms with Gasteiger partial charge in [0.05, 0.1) is 37.4 Å². The summed E-state index contributed by atoms with van der Waals surface area (Å²) in [5.41, 5.74) is 0. The second kappa shape index (κ2) is 18.3. The molecule has 0 amide bonds. The van der Waals surface area contributed by atoms with E-state index < -0.39 is 23.7 Å².